The predicted molar refractivity (Wildman–Crippen MR) is 126 cm³/mol. The number of carboxylic acids is 2. The van der Waals surface area contributed by atoms with E-state index in [2.05, 4.69) is 16.9 Å². The molecule has 0 aromatic heterocycles. The predicted octanol–water partition coefficient (Wildman–Crippen LogP) is 4.41. The maximum Gasteiger partial charge on any atom is 0.414 e. The molecule has 2 N–H and O–H groups in total. The topological polar surface area (TPSA) is 87.1 Å². The highest BCUT2D eigenvalue weighted by atomic mass is 19.1. The Hall–Kier alpha value is -3.54. The van der Waals surface area contributed by atoms with Crippen molar-refractivity contribution >= 4 is 11.9 Å². The van der Waals surface area contributed by atoms with Crippen LogP contribution in [0.5, 0.6) is 0 Å². The van der Waals surface area contributed by atoms with Crippen molar-refractivity contribution < 1.29 is 33.3 Å². The van der Waals surface area contributed by atoms with Gasteiger partial charge < -0.3 is 14.9 Å². The Balaban J connectivity index is 0.000000509. The Kier molecular flexibility index (Phi) is 9.12. The third-order valence-electron chi connectivity index (χ3n) is 6.20. The van der Waals surface area contributed by atoms with Gasteiger partial charge in [0.1, 0.15) is 17.7 Å². The average molecular weight is 484 g/mol. The molecule has 2 heterocycles. The van der Waals surface area contributed by atoms with Gasteiger partial charge in [0.15, 0.2) is 0 Å². The minimum Gasteiger partial charge on any atom is -0.473 e. The van der Waals surface area contributed by atoms with Crippen molar-refractivity contribution in [2.24, 2.45) is 0 Å². The van der Waals surface area contributed by atoms with E-state index < -0.39 is 11.9 Å². The number of terminal acetylenes is 1. The summed E-state index contributed by atoms with van der Waals surface area (Å²) >= 11 is 0. The molecule has 2 aliphatic heterocycles. The van der Waals surface area contributed by atoms with Crippen molar-refractivity contribution in [3.63, 3.8) is 0 Å². The Labute approximate surface area is 202 Å². The lowest BCUT2D eigenvalue weighted by molar-refractivity contribution is -0.159. The highest BCUT2D eigenvalue weighted by Crippen LogP contribution is 2.38. The van der Waals surface area contributed by atoms with Crippen molar-refractivity contribution in [3.05, 3.63) is 82.9 Å². The molecule has 35 heavy (non-hydrogen) atoms. The van der Waals surface area contributed by atoms with Crippen LogP contribution in [0.2, 0.25) is 0 Å². The zero-order valence-corrected chi connectivity index (χ0v) is 19.1. The summed E-state index contributed by atoms with van der Waals surface area (Å²) < 4.78 is 32.9. The summed E-state index contributed by atoms with van der Waals surface area (Å²) in [6, 6.07) is 13.6. The number of rotatable bonds is 6. The first-order chi connectivity index (χ1) is 16.8. The second kappa shape index (κ2) is 12.2. The maximum absolute atomic E-state index is 13.3. The van der Waals surface area contributed by atoms with Gasteiger partial charge in [0.2, 0.25) is 0 Å². The van der Waals surface area contributed by atoms with Crippen LogP contribution in [0, 0.1) is 24.0 Å². The highest BCUT2D eigenvalue weighted by molar-refractivity contribution is 6.27. The molecule has 0 spiro atoms. The molecule has 6 nitrogen and oxygen atoms in total. The molecule has 0 saturated carbocycles. The molecule has 0 amide bonds. The molecule has 0 radical (unpaired) electrons. The van der Waals surface area contributed by atoms with Gasteiger partial charge in [-0.05, 0) is 61.1 Å². The lowest BCUT2D eigenvalue weighted by atomic mass is 9.96. The molecule has 2 bridgehead atoms. The molecule has 8 heteroatoms. The van der Waals surface area contributed by atoms with E-state index in [0.717, 1.165) is 30.5 Å². The molecule has 4 rings (SSSR count). The van der Waals surface area contributed by atoms with E-state index in [1.54, 1.807) is 24.3 Å². The smallest absolute Gasteiger partial charge is 0.414 e. The second-order valence-corrected chi connectivity index (χ2v) is 8.46. The van der Waals surface area contributed by atoms with Crippen molar-refractivity contribution in [2.45, 2.75) is 43.9 Å². The number of nitrogens with zero attached hydrogens (tertiary/aromatic N) is 1. The number of fused-ring (bicyclic) bond motifs is 2. The quantitative estimate of drug-likeness (QED) is 0.360. The van der Waals surface area contributed by atoms with E-state index >= 15 is 0 Å². The van der Waals surface area contributed by atoms with Crippen LogP contribution in [0.25, 0.3) is 0 Å². The Morgan fingerprint density at radius 1 is 0.971 bits per heavy atom. The summed E-state index contributed by atoms with van der Waals surface area (Å²) in [4.78, 5) is 20.7. The number of aliphatic carboxylic acids is 2. The minimum absolute atomic E-state index is 0.289. The van der Waals surface area contributed by atoms with Gasteiger partial charge in [-0.25, -0.2) is 18.4 Å². The minimum atomic E-state index is -1.82. The molecule has 2 aromatic rings. The van der Waals surface area contributed by atoms with Crippen LogP contribution in [-0.2, 0) is 14.3 Å². The van der Waals surface area contributed by atoms with Gasteiger partial charge in [-0.2, -0.15) is 0 Å². The summed E-state index contributed by atoms with van der Waals surface area (Å²) in [6.45, 7) is 1.19. The Morgan fingerprint density at radius 2 is 1.43 bits per heavy atom. The number of carboxylic acid groups (broad SMARTS) is 2. The fraction of sp³-hybridized carbons (Fsp3) is 0.333. The molecule has 0 unspecified atom stereocenters. The zero-order chi connectivity index (χ0) is 25.4. The van der Waals surface area contributed by atoms with Gasteiger partial charge in [0, 0.05) is 12.1 Å². The normalized spacial score (nSPS) is 20.2. The number of ether oxygens (including phenoxy) is 1. The van der Waals surface area contributed by atoms with E-state index in [1.807, 2.05) is 0 Å². The number of benzene rings is 2. The van der Waals surface area contributed by atoms with E-state index in [1.165, 1.54) is 42.7 Å². The third kappa shape index (κ3) is 7.22. The van der Waals surface area contributed by atoms with Crippen LogP contribution in [0.3, 0.4) is 0 Å². The molecule has 2 fully saturated rings. The molecule has 2 saturated heterocycles. The summed E-state index contributed by atoms with van der Waals surface area (Å²) in [7, 11) is 0. The van der Waals surface area contributed by atoms with Crippen LogP contribution in [0.1, 0.15) is 42.9 Å². The highest BCUT2D eigenvalue weighted by Gasteiger charge is 2.37. The van der Waals surface area contributed by atoms with Crippen molar-refractivity contribution in [2.75, 3.05) is 13.2 Å². The third-order valence-corrected chi connectivity index (χ3v) is 6.20. The van der Waals surface area contributed by atoms with Gasteiger partial charge in [0.05, 0.1) is 13.2 Å². The zero-order valence-electron chi connectivity index (χ0n) is 19.1. The van der Waals surface area contributed by atoms with E-state index in [-0.39, 0.29) is 17.7 Å². The van der Waals surface area contributed by atoms with Crippen molar-refractivity contribution in [1.82, 2.24) is 4.90 Å². The fourth-order valence-corrected chi connectivity index (χ4v) is 4.59. The molecular weight excluding hydrogens is 456 g/mol. The standard InChI is InChI=1S/C25H25F2NO.C2H2O4/c1-2-14-28-23-11-12-24(28)17-18(16-23)13-15-29-25(19-3-7-21(26)8-4-19)20-5-9-22(27)10-6-20;3-1(4)2(5)6/h1,3-10,13,23-25H,11-12,14-17H2;(H,3,4)(H,5,6)/t23-,24+;. The summed E-state index contributed by atoms with van der Waals surface area (Å²) in [6.07, 6.45) is 11.8. The summed E-state index contributed by atoms with van der Waals surface area (Å²) in [5.74, 6) is -1.44. The number of halogens is 2. The van der Waals surface area contributed by atoms with Crippen molar-refractivity contribution in [3.8, 4) is 12.3 Å². The van der Waals surface area contributed by atoms with Gasteiger partial charge in [-0.15, -0.1) is 6.42 Å². The molecule has 184 valence electrons. The summed E-state index contributed by atoms with van der Waals surface area (Å²) in [5, 5.41) is 14.8. The number of hydrogen-bond acceptors (Lipinski definition) is 4. The fourth-order valence-electron chi connectivity index (χ4n) is 4.59. The first kappa shape index (κ1) is 26.1. The van der Waals surface area contributed by atoms with E-state index in [9.17, 15) is 8.78 Å². The molecular formula is C27H27F2NO5. The molecule has 2 aromatic carbocycles. The molecule has 0 aliphatic carbocycles. The van der Waals surface area contributed by atoms with Gasteiger partial charge >= 0.3 is 11.9 Å². The van der Waals surface area contributed by atoms with E-state index in [4.69, 9.17) is 31.0 Å². The molecule has 2 aliphatic rings. The first-order valence-electron chi connectivity index (χ1n) is 11.2. The summed E-state index contributed by atoms with van der Waals surface area (Å²) in [5.41, 5.74) is 3.11. The van der Waals surface area contributed by atoms with E-state index in [0.29, 0.717) is 18.7 Å². The lowest BCUT2D eigenvalue weighted by Gasteiger charge is -2.34. The first-order valence-corrected chi connectivity index (χ1v) is 11.2. The molecule has 2 atom stereocenters. The van der Waals surface area contributed by atoms with Crippen LogP contribution in [0.15, 0.2) is 60.2 Å². The van der Waals surface area contributed by atoms with Gasteiger partial charge in [-0.3, -0.25) is 4.90 Å². The average Bonchev–Trinajstić information content (AvgIpc) is 3.06. The van der Waals surface area contributed by atoms with Crippen LogP contribution < -0.4 is 0 Å². The number of hydrogen-bond donors (Lipinski definition) is 2. The monoisotopic (exact) mass is 483 g/mol. The second-order valence-electron chi connectivity index (χ2n) is 8.46. The largest absolute Gasteiger partial charge is 0.473 e. The SMILES string of the molecule is C#CCN1[C@@H]2CC[C@H]1CC(=CCOC(c1ccc(F)cc1)c1ccc(F)cc1)C2.O=C(O)C(=O)O. The van der Waals surface area contributed by atoms with Crippen LogP contribution in [-0.4, -0.2) is 52.3 Å². The lowest BCUT2D eigenvalue weighted by Crippen LogP contribution is -2.40. The Bertz CT molecular complexity index is 1020. The number of piperidine rings is 1. The number of carbonyl (C=O) groups is 2. The van der Waals surface area contributed by atoms with Crippen LogP contribution >= 0.6 is 0 Å². The van der Waals surface area contributed by atoms with Crippen LogP contribution in [0.4, 0.5) is 8.78 Å². The van der Waals surface area contributed by atoms with Crippen molar-refractivity contribution in [1.29, 1.82) is 0 Å². The van der Waals surface area contributed by atoms with Gasteiger partial charge in [0.25, 0.3) is 0 Å². The Morgan fingerprint density at radius 3 is 1.83 bits per heavy atom. The maximum atomic E-state index is 13.3. The van der Waals surface area contributed by atoms with Gasteiger partial charge in [-0.1, -0.05) is 41.8 Å².